The van der Waals surface area contributed by atoms with Crippen molar-refractivity contribution in [1.29, 1.82) is 0 Å². The van der Waals surface area contributed by atoms with Gasteiger partial charge in [-0.05, 0) is 30.2 Å². The van der Waals surface area contributed by atoms with E-state index < -0.39 is 5.82 Å². The van der Waals surface area contributed by atoms with E-state index in [4.69, 9.17) is 23.1 Å². The van der Waals surface area contributed by atoms with E-state index in [1.807, 2.05) is 24.3 Å². The Hall–Kier alpha value is -1.94. The van der Waals surface area contributed by atoms with E-state index in [9.17, 15) is 4.39 Å². The van der Waals surface area contributed by atoms with Gasteiger partial charge < -0.3 is 16.8 Å². The molecule has 2 rings (SSSR count). The molecule has 0 aliphatic rings. The van der Waals surface area contributed by atoms with Crippen LogP contribution in [0, 0.1) is 5.82 Å². The van der Waals surface area contributed by atoms with Gasteiger partial charge in [-0.3, -0.25) is 0 Å². The molecule has 0 saturated carbocycles. The molecule has 0 fully saturated rings. The third-order valence-corrected chi connectivity index (χ3v) is 3.41. The van der Waals surface area contributed by atoms with Crippen LogP contribution in [0.2, 0.25) is 5.02 Å². The summed E-state index contributed by atoms with van der Waals surface area (Å²) in [5, 5.41) is 2.82. The standard InChI is InChI=1S/C15H17ClFN3/c1-2-3-9-4-6-10(7-5-9)20-15-12(19)8-11(18)13(16)14(15)17/h4-8,20H,2-3,18-19H2,1H3. The average Bonchev–Trinajstić information content (AvgIpc) is 2.43. The third kappa shape index (κ3) is 2.96. The number of nitrogens with one attached hydrogen (secondary N) is 1. The third-order valence-electron chi connectivity index (χ3n) is 3.03. The number of hydrogen-bond donors (Lipinski definition) is 3. The second-order valence-electron chi connectivity index (χ2n) is 4.63. The summed E-state index contributed by atoms with van der Waals surface area (Å²) in [6.45, 7) is 2.12. The minimum atomic E-state index is -0.637. The van der Waals surface area contributed by atoms with Crippen LogP contribution in [0.1, 0.15) is 18.9 Å². The molecular weight excluding hydrogens is 277 g/mol. The summed E-state index contributed by atoms with van der Waals surface area (Å²) in [5.74, 6) is -0.637. The Morgan fingerprint density at radius 2 is 1.80 bits per heavy atom. The van der Waals surface area contributed by atoms with E-state index in [1.54, 1.807) is 0 Å². The molecule has 0 aliphatic carbocycles. The van der Waals surface area contributed by atoms with Crippen LogP contribution in [0.25, 0.3) is 0 Å². The zero-order valence-corrected chi connectivity index (χ0v) is 12.0. The van der Waals surface area contributed by atoms with Gasteiger partial charge >= 0.3 is 0 Å². The SMILES string of the molecule is CCCc1ccc(Nc2c(N)cc(N)c(Cl)c2F)cc1. The maximum Gasteiger partial charge on any atom is 0.169 e. The Morgan fingerprint density at radius 3 is 2.40 bits per heavy atom. The summed E-state index contributed by atoms with van der Waals surface area (Å²) in [6.07, 6.45) is 2.10. The molecule has 0 amide bonds. The van der Waals surface area contributed by atoms with Gasteiger partial charge in [-0.15, -0.1) is 0 Å². The fourth-order valence-corrected chi connectivity index (χ4v) is 2.13. The van der Waals surface area contributed by atoms with E-state index in [0.717, 1.165) is 18.5 Å². The van der Waals surface area contributed by atoms with Crippen LogP contribution in [0.3, 0.4) is 0 Å². The number of anilines is 4. The van der Waals surface area contributed by atoms with Crippen molar-refractivity contribution in [2.24, 2.45) is 0 Å². The molecule has 2 aromatic rings. The molecule has 0 spiro atoms. The van der Waals surface area contributed by atoms with Gasteiger partial charge in [0.1, 0.15) is 5.02 Å². The first-order valence-corrected chi connectivity index (χ1v) is 6.79. The van der Waals surface area contributed by atoms with Gasteiger partial charge in [0.15, 0.2) is 5.82 Å². The van der Waals surface area contributed by atoms with Gasteiger partial charge in [-0.1, -0.05) is 37.1 Å². The van der Waals surface area contributed by atoms with Gasteiger partial charge in [0.25, 0.3) is 0 Å². The van der Waals surface area contributed by atoms with Crippen LogP contribution in [0.5, 0.6) is 0 Å². The van der Waals surface area contributed by atoms with Gasteiger partial charge in [-0.2, -0.15) is 0 Å². The molecule has 0 unspecified atom stereocenters. The van der Waals surface area contributed by atoms with Gasteiger partial charge in [0, 0.05) is 5.69 Å². The maximum absolute atomic E-state index is 14.1. The average molecular weight is 294 g/mol. The first-order chi connectivity index (χ1) is 9.52. The molecule has 0 aliphatic heterocycles. The first-order valence-electron chi connectivity index (χ1n) is 6.41. The number of rotatable bonds is 4. The Bertz CT molecular complexity index is 612. The van der Waals surface area contributed by atoms with E-state index in [0.29, 0.717) is 0 Å². The van der Waals surface area contributed by atoms with Gasteiger partial charge in [0.05, 0.1) is 17.1 Å². The van der Waals surface area contributed by atoms with Crippen molar-refractivity contribution >= 4 is 34.4 Å². The molecule has 2 aromatic carbocycles. The summed E-state index contributed by atoms with van der Waals surface area (Å²) < 4.78 is 14.1. The number of hydrogen-bond acceptors (Lipinski definition) is 3. The Labute approximate surface area is 122 Å². The predicted molar refractivity (Wildman–Crippen MR) is 84.0 cm³/mol. The highest BCUT2D eigenvalue weighted by Gasteiger charge is 2.14. The molecule has 0 atom stereocenters. The normalized spacial score (nSPS) is 10.6. The monoisotopic (exact) mass is 293 g/mol. The fraction of sp³-hybridized carbons (Fsp3) is 0.200. The van der Waals surface area contributed by atoms with Gasteiger partial charge in [0.2, 0.25) is 0 Å². The lowest BCUT2D eigenvalue weighted by molar-refractivity contribution is 0.633. The largest absolute Gasteiger partial charge is 0.397 e. The van der Waals surface area contributed by atoms with Crippen molar-refractivity contribution in [2.75, 3.05) is 16.8 Å². The van der Waals surface area contributed by atoms with E-state index in [-0.39, 0.29) is 22.1 Å². The number of aryl methyl sites for hydroxylation is 1. The molecule has 5 N–H and O–H groups in total. The Balaban J connectivity index is 2.28. The second kappa shape index (κ2) is 6.01. The zero-order chi connectivity index (χ0) is 14.7. The van der Waals surface area contributed by atoms with Crippen molar-refractivity contribution < 1.29 is 4.39 Å². The maximum atomic E-state index is 14.1. The molecule has 5 heteroatoms. The van der Waals surface area contributed by atoms with E-state index in [2.05, 4.69) is 12.2 Å². The van der Waals surface area contributed by atoms with Crippen molar-refractivity contribution in [3.63, 3.8) is 0 Å². The molecule has 0 radical (unpaired) electrons. The minimum Gasteiger partial charge on any atom is -0.397 e. The highest BCUT2D eigenvalue weighted by molar-refractivity contribution is 6.33. The first kappa shape index (κ1) is 14.5. The smallest absolute Gasteiger partial charge is 0.169 e. The highest BCUT2D eigenvalue weighted by Crippen LogP contribution is 2.35. The lowest BCUT2D eigenvalue weighted by Crippen LogP contribution is -2.02. The predicted octanol–water partition coefficient (Wildman–Crippen LogP) is 4.34. The quantitative estimate of drug-likeness (QED) is 0.735. The molecule has 20 heavy (non-hydrogen) atoms. The Kier molecular flexibility index (Phi) is 4.35. The van der Waals surface area contributed by atoms with Crippen LogP contribution in [-0.2, 0) is 6.42 Å². The zero-order valence-electron chi connectivity index (χ0n) is 11.2. The van der Waals surface area contributed by atoms with Crippen LogP contribution < -0.4 is 16.8 Å². The molecule has 106 valence electrons. The lowest BCUT2D eigenvalue weighted by atomic mass is 10.1. The number of halogens is 2. The highest BCUT2D eigenvalue weighted by atomic mass is 35.5. The van der Waals surface area contributed by atoms with Crippen LogP contribution in [0.4, 0.5) is 27.1 Å². The molecular formula is C15H17ClFN3. The second-order valence-corrected chi connectivity index (χ2v) is 5.01. The van der Waals surface area contributed by atoms with Crippen molar-refractivity contribution in [2.45, 2.75) is 19.8 Å². The minimum absolute atomic E-state index is 0.121. The number of benzene rings is 2. The molecule has 0 bridgehead atoms. The summed E-state index contributed by atoms with van der Waals surface area (Å²) >= 11 is 5.79. The van der Waals surface area contributed by atoms with E-state index in [1.165, 1.54) is 11.6 Å². The molecule has 0 heterocycles. The number of nitrogen functional groups attached to an aromatic ring is 2. The van der Waals surface area contributed by atoms with Crippen LogP contribution in [-0.4, -0.2) is 0 Å². The lowest BCUT2D eigenvalue weighted by Gasteiger charge is -2.13. The van der Waals surface area contributed by atoms with Crippen LogP contribution in [0.15, 0.2) is 30.3 Å². The molecule has 0 aromatic heterocycles. The van der Waals surface area contributed by atoms with Gasteiger partial charge in [-0.25, -0.2) is 4.39 Å². The topological polar surface area (TPSA) is 64.1 Å². The summed E-state index contributed by atoms with van der Waals surface area (Å²) in [4.78, 5) is 0. The molecule has 0 saturated heterocycles. The van der Waals surface area contributed by atoms with Crippen molar-refractivity contribution in [1.82, 2.24) is 0 Å². The van der Waals surface area contributed by atoms with Crippen LogP contribution >= 0.6 is 11.6 Å². The Morgan fingerprint density at radius 1 is 1.15 bits per heavy atom. The van der Waals surface area contributed by atoms with Crippen molar-refractivity contribution in [3.05, 3.63) is 46.7 Å². The summed E-state index contributed by atoms with van der Waals surface area (Å²) in [6, 6.07) is 9.21. The summed E-state index contributed by atoms with van der Waals surface area (Å²) in [5.41, 5.74) is 13.8. The molecule has 3 nitrogen and oxygen atoms in total. The summed E-state index contributed by atoms with van der Waals surface area (Å²) in [7, 11) is 0. The van der Waals surface area contributed by atoms with Crippen molar-refractivity contribution in [3.8, 4) is 0 Å². The van der Waals surface area contributed by atoms with E-state index >= 15 is 0 Å². The number of nitrogens with two attached hydrogens (primary N) is 2. The fourth-order valence-electron chi connectivity index (χ4n) is 1.98.